The first-order chi connectivity index (χ1) is 8.24. The predicted molar refractivity (Wildman–Crippen MR) is 69.3 cm³/mol. The second-order valence-corrected chi connectivity index (χ2v) is 4.96. The van der Waals surface area contributed by atoms with Crippen molar-refractivity contribution in [2.75, 3.05) is 5.73 Å². The molecule has 3 rings (SSSR count). The van der Waals surface area contributed by atoms with Crippen LogP contribution in [-0.4, -0.2) is 14.6 Å². The lowest BCUT2D eigenvalue weighted by molar-refractivity contribution is 0.876. The molecular weight excluding hydrogens is 232 g/mol. The van der Waals surface area contributed by atoms with E-state index in [4.69, 9.17) is 5.73 Å². The first-order valence-corrected chi connectivity index (χ1v) is 6.25. The predicted octanol–water partition coefficient (Wildman–Crippen LogP) is 2.27. The van der Waals surface area contributed by atoms with Gasteiger partial charge in [-0.1, -0.05) is 6.07 Å². The van der Waals surface area contributed by atoms with E-state index in [0.29, 0.717) is 0 Å². The van der Waals surface area contributed by atoms with E-state index in [1.807, 2.05) is 25.1 Å². The van der Waals surface area contributed by atoms with Gasteiger partial charge in [-0.05, 0) is 30.5 Å². The lowest BCUT2D eigenvalue weighted by Gasteiger charge is -2.00. The summed E-state index contributed by atoms with van der Waals surface area (Å²) in [5.74, 6) is 0.834. The summed E-state index contributed by atoms with van der Waals surface area (Å²) >= 11 is 1.72. The largest absolute Gasteiger partial charge is 0.397 e. The van der Waals surface area contributed by atoms with Crippen LogP contribution >= 0.6 is 11.3 Å². The van der Waals surface area contributed by atoms with E-state index in [9.17, 15) is 0 Å². The van der Waals surface area contributed by atoms with Crippen LogP contribution in [0.4, 0.5) is 5.69 Å². The van der Waals surface area contributed by atoms with Gasteiger partial charge in [0.15, 0.2) is 11.5 Å². The summed E-state index contributed by atoms with van der Waals surface area (Å²) in [7, 11) is 0. The maximum Gasteiger partial charge on any atom is 0.156 e. The fraction of sp³-hybridized carbons (Fsp3) is 0.167. The number of nitrogen functional groups attached to an aromatic ring is 1. The molecule has 3 heterocycles. The normalized spacial score (nSPS) is 11.1. The molecule has 0 fully saturated rings. The number of rotatable bonds is 2. The van der Waals surface area contributed by atoms with Crippen molar-refractivity contribution in [3.05, 3.63) is 46.0 Å². The van der Waals surface area contributed by atoms with E-state index in [2.05, 4.69) is 21.5 Å². The molecule has 0 saturated heterocycles. The topological polar surface area (TPSA) is 56.2 Å². The minimum absolute atomic E-state index is 0.741. The lowest BCUT2D eigenvalue weighted by Crippen LogP contribution is -1.99. The van der Waals surface area contributed by atoms with Crippen LogP contribution in [0.1, 0.15) is 16.4 Å². The summed E-state index contributed by atoms with van der Waals surface area (Å²) in [5, 5.41) is 6.54. The van der Waals surface area contributed by atoms with E-state index in [-0.39, 0.29) is 0 Å². The molecule has 2 N–H and O–H groups in total. The van der Waals surface area contributed by atoms with E-state index in [0.717, 1.165) is 29.3 Å². The Morgan fingerprint density at radius 2 is 2.24 bits per heavy atom. The van der Waals surface area contributed by atoms with Gasteiger partial charge in [-0.3, -0.25) is 0 Å². The molecule has 0 aliphatic rings. The van der Waals surface area contributed by atoms with Crippen LogP contribution < -0.4 is 5.73 Å². The molecule has 17 heavy (non-hydrogen) atoms. The molecule has 3 aromatic heterocycles. The Hall–Kier alpha value is -1.88. The van der Waals surface area contributed by atoms with Gasteiger partial charge in [0.2, 0.25) is 0 Å². The third kappa shape index (κ3) is 1.78. The van der Waals surface area contributed by atoms with Crippen LogP contribution in [0.5, 0.6) is 0 Å². The third-order valence-electron chi connectivity index (χ3n) is 2.74. The highest BCUT2D eigenvalue weighted by molar-refractivity contribution is 7.09. The Labute approximate surface area is 103 Å². The van der Waals surface area contributed by atoms with Crippen molar-refractivity contribution in [1.29, 1.82) is 0 Å². The molecule has 0 aliphatic heterocycles. The molecular formula is C12H12N4S. The number of fused-ring (bicyclic) bond motifs is 1. The summed E-state index contributed by atoms with van der Waals surface area (Å²) in [5.41, 5.74) is 8.37. The summed E-state index contributed by atoms with van der Waals surface area (Å²) in [6, 6.07) is 7.90. The maximum absolute atomic E-state index is 5.84. The highest BCUT2D eigenvalue weighted by Crippen LogP contribution is 2.16. The molecule has 0 atom stereocenters. The van der Waals surface area contributed by atoms with E-state index in [1.165, 1.54) is 4.88 Å². The van der Waals surface area contributed by atoms with Crippen molar-refractivity contribution in [3.63, 3.8) is 0 Å². The van der Waals surface area contributed by atoms with Crippen molar-refractivity contribution in [2.24, 2.45) is 0 Å². The summed E-state index contributed by atoms with van der Waals surface area (Å²) in [6.45, 7) is 1.95. The van der Waals surface area contributed by atoms with Crippen molar-refractivity contribution in [2.45, 2.75) is 13.3 Å². The Morgan fingerprint density at radius 1 is 1.35 bits per heavy atom. The van der Waals surface area contributed by atoms with E-state index < -0.39 is 0 Å². The smallest absolute Gasteiger partial charge is 0.156 e. The van der Waals surface area contributed by atoms with Crippen molar-refractivity contribution in [1.82, 2.24) is 14.6 Å². The average Bonchev–Trinajstić information content (AvgIpc) is 2.93. The molecule has 4 nitrogen and oxygen atoms in total. The number of aromatic nitrogens is 3. The number of pyridine rings is 1. The van der Waals surface area contributed by atoms with Crippen LogP contribution in [0.15, 0.2) is 29.6 Å². The monoisotopic (exact) mass is 244 g/mol. The second-order valence-electron chi connectivity index (χ2n) is 3.93. The van der Waals surface area contributed by atoms with Gasteiger partial charge in [0.1, 0.15) is 0 Å². The number of hydrogen-bond donors (Lipinski definition) is 1. The Balaban J connectivity index is 2.05. The molecule has 0 aliphatic carbocycles. The minimum atomic E-state index is 0.741. The zero-order valence-corrected chi connectivity index (χ0v) is 10.2. The fourth-order valence-electron chi connectivity index (χ4n) is 1.77. The quantitative estimate of drug-likeness (QED) is 0.752. The number of nitrogens with two attached hydrogens (primary N) is 1. The third-order valence-corrected chi connectivity index (χ3v) is 3.61. The summed E-state index contributed by atoms with van der Waals surface area (Å²) in [6.07, 6.45) is 0.776. The molecule has 0 saturated carbocycles. The highest BCUT2D eigenvalue weighted by Gasteiger charge is 2.08. The molecule has 5 heteroatoms. The van der Waals surface area contributed by atoms with E-state index in [1.54, 1.807) is 15.9 Å². The highest BCUT2D eigenvalue weighted by atomic mass is 32.1. The zero-order valence-electron chi connectivity index (χ0n) is 9.42. The van der Waals surface area contributed by atoms with Gasteiger partial charge in [-0.15, -0.1) is 11.3 Å². The van der Waals surface area contributed by atoms with Crippen molar-refractivity contribution < 1.29 is 0 Å². The van der Waals surface area contributed by atoms with Crippen molar-refractivity contribution >= 4 is 22.7 Å². The average molecular weight is 244 g/mol. The van der Waals surface area contributed by atoms with Crippen LogP contribution in [0, 0.1) is 6.92 Å². The molecule has 0 amide bonds. The van der Waals surface area contributed by atoms with Gasteiger partial charge < -0.3 is 5.73 Å². The number of anilines is 1. The molecule has 0 bridgehead atoms. The van der Waals surface area contributed by atoms with Gasteiger partial charge in [-0.25, -0.2) is 9.50 Å². The molecule has 3 aromatic rings. The Morgan fingerprint density at radius 3 is 3.00 bits per heavy atom. The number of aryl methyl sites for hydroxylation is 1. The minimum Gasteiger partial charge on any atom is -0.397 e. The maximum atomic E-state index is 5.84. The van der Waals surface area contributed by atoms with Crippen LogP contribution in [0.3, 0.4) is 0 Å². The van der Waals surface area contributed by atoms with Gasteiger partial charge in [-0.2, -0.15) is 5.10 Å². The first kappa shape index (κ1) is 10.3. The number of thiophene rings is 1. The Kier molecular flexibility index (Phi) is 2.33. The van der Waals surface area contributed by atoms with Crippen LogP contribution in [-0.2, 0) is 6.42 Å². The number of nitrogens with zero attached hydrogens (tertiary/aromatic N) is 3. The van der Waals surface area contributed by atoms with Gasteiger partial charge in [0.05, 0.1) is 11.4 Å². The second kappa shape index (κ2) is 3.85. The Bertz CT molecular complexity index is 655. The fourth-order valence-corrected chi connectivity index (χ4v) is 2.48. The standard InChI is InChI=1S/C12H12N4S/c1-8-10(13)4-5-12-14-11(15-16(8)12)7-9-3-2-6-17-9/h2-6H,7,13H2,1H3. The lowest BCUT2D eigenvalue weighted by atomic mass is 10.3. The molecule has 0 aromatic carbocycles. The zero-order chi connectivity index (χ0) is 11.8. The molecule has 0 spiro atoms. The molecule has 0 unspecified atom stereocenters. The SMILES string of the molecule is Cc1c(N)ccc2nc(Cc3cccs3)nn12. The van der Waals surface area contributed by atoms with Crippen LogP contribution in [0.2, 0.25) is 0 Å². The van der Waals surface area contributed by atoms with Gasteiger partial charge >= 0.3 is 0 Å². The summed E-state index contributed by atoms with van der Waals surface area (Å²) < 4.78 is 1.80. The summed E-state index contributed by atoms with van der Waals surface area (Å²) in [4.78, 5) is 5.76. The molecule has 0 radical (unpaired) electrons. The first-order valence-electron chi connectivity index (χ1n) is 5.37. The van der Waals surface area contributed by atoms with Gasteiger partial charge in [0.25, 0.3) is 0 Å². The molecule has 86 valence electrons. The number of hydrogen-bond acceptors (Lipinski definition) is 4. The van der Waals surface area contributed by atoms with Crippen LogP contribution in [0.25, 0.3) is 5.65 Å². The van der Waals surface area contributed by atoms with Gasteiger partial charge in [0, 0.05) is 11.3 Å². The van der Waals surface area contributed by atoms with Crippen molar-refractivity contribution in [3.8, 4) is 0 Å². The van der Waals surface area contributed by atoms with E-state index >= 15 is 0 Å².